The minimum absolute atomic E-state index is 0.0324. The van der Waals surface area contributed by atoms with E-state index in [4.69, 9.17) is 68.7 Å². The van der Waals surface area contributed by atoms with Crippen molar-refractivity contribution in [2.75, 3.05) is 93.1 Å². The molecular formula is C53H74ClN6O17+. The second kappa shape index (κ2) is 30.6. The lowest BCUT2D eigenvalue weighted by atomic mass is 9.92. The van der Waals surface area contributed by atoms with Gasteiger partial charge < -0.3 is 58.1 Å². The molecule has 6 rings (SSSR count). The number of benzene rings is 2. The third kappa shape index (κ3) is 20.1. The van der Waals surface area contributed by atoms with Crippen molar-refractivity contribution < 1.29 is 85.7 Å². The maximum Gasteiger partial charge on any atom is 0.347 e. The van der Waals surface area contributed by atoms with E-state index in [0.29, 0.717) is 94.3 Å². The van der Waals surface area contributed by atoms with Gasteiger partial charge in [0.2, 0.25) is 18.5 Å². The summed E-state index contributed by atoms with van der Waals surface area (Å²) in [4.78, 5) is 81.0. The standard InChI is InChI=1S/C53H73ClN6O17/c1-36(2)30-45-51(64)74-43(8-7-9-46(61)57-42(32-39-12-15-44(66-6)41(54)31-39)50(63)55-34-53(4,5)52(65)75-45)37(3)48-49(76-48)40-13-10-38(11-14-40)33-60(18-17-56-58-60)35-71-27-26-70-25-24-69-23-22-68-21-20-67-19-16-47(62)77-59-72-28-29-73-59/h7,9-15,17-18,31,36-37,42-43,45,48-49H,8,16,19-30,32-35H2,1-6H3,(H-,55,57,61,63)/p+1/b9-7+/t37?,42-,43+,45+,48-,49-,60?/m1/s1. The van der Waals surface area contributed by atoms with Crippen LogP contribution in [0.1, 0.15) is 76.7 Å². The summed E-state index contributed by atoms with van der Waals surface area (Å²) in [7, 11) is 1.50. The second-order valence-corrected chi connectivity index (χ2v) is 20.2. The number of epoxide rings is 1. The van der Waals surface area contributed by atoms with Crippen molar-refractivity contribution >= 4 is 41.3 Å². The molecule has 77 heavy (non-hydrogen) atoms. The van der Waals surface area contributed by atoms with E-state index in [9.17, 15) is 24.0 Å². The molecule has 0 spiro atoms. The first-order chi connectivity index (χ1) is 37.0. The molecule has 2 amide bonds. The molecule has 7 atom stereocenters. The molecule has 4 heterocycles. The van der Waals surface area contributed by atoms with Crippen molar-refractivity contribution in [1.82, 2.24) is 16.0 Å². The number of carbonyl (C=O) groups excluding carboxylic acids is 5. The maximum atomic E-state index is 14.0. The minimum atomic E-state index is -1.25. The Morgan fingerprint density at radius 2 is 1.52 bits per heavy atom. The number of cyclic esters (lactones) is 2. The van der Waals surface area contributed by atoms with Crippen LogP contribution in [0.3, 0.4) is 0 Å². The van der Waals surface area contributed by atoms with E-state index in [-0.39, 0.29) is 74.2 Å². The van der Waals surface area contributed by atoms with Crippen molar-refractivity contribution in [3.05, 3.63) is 88.7 Å². The fourth-order valence-corrected chi connectivity index (χ4v) is 8.45. The average Bonchev–Trinajstić information content (AvgIpc) is 3.77. The number of amides is 2. The highest BCUT2D eigenvalue weighted by Gasteiger charge is 2.48. The van der Waals surface area contributed by atoms with Gasteiger partial charge in [0.1, 0.15) is 61.5 Å². The molecule has 2 unspecified atom stereocenters. The highest BCUT2D eigenvalue weighted by Crippen LogP contribution is 2.45. The largest absolute Gasteiger partial charge is 0.495 e. The van der Waals surface area contributed by atoms with E-state index < -0.39 is 53.4 Å². The molecule has 0 saturated carbocycles. The van der Waals surface area contributed by atoms with Gasteiger partial charge in [-0.15, -0.1) is 9.71 Å². The summed E-state index contributed by atoms with van der Waals surface area (Å²) in [6.45, 7) is 13.3. The van der Waals surface area contributed by atoms with Crippen LogP contribution in [0.5, 0.6) is 5.75 Å². The highest BCUT2D eigenvalue weighted by molar-refractivity contribution is 6.32. The molecule has 24 heteroatoms. The van der Waals surface area contributed by atoms with Crippen molar-refractivity contribution in [2.45, 2.75) is 97.3 Å². The van der Waals surface area contributed by atoms with Crippen molar-refractivity contribution in [3.8, 4) is 5.75 Å². The second-order valence-electron chi connectivity index (χ2n) is 19.8. The molecule has 0 bridgehead atoms. The Kier molecular flexibility index (Phi) is 24.2. The zero-order chi connectivity index (χ0) is 55.2. The number of halogens is 1. The summed E-state index contributed by atoms with van der Waals surface area (Å²) < 4.78 is 51.7. The van der Waals surface area contributed by atoms with Gasteiger partial charge in [-0.25, -0.2) is 14.5 Å². The number of quaternary nitrogens is 1. The molecule has 0 aliphatic carbocycles. The maximum absolute atomic E-state index is 14.0. The van der Waals surface area contributed by atoms with Gasteiger partial charge >= 0.3 is 17.9 Å². The minimum Gasteiger partial charge on any atom is -0.495 e. The van der Waals surface area contributed by atoms with Crippen LogP contribution in [0.25, 0.3) is 0 Å². The number of ether oxygens (including phenoxy) is 9. The van der Waals surface area contributed by atoms with E-state index in [1.54, 1.807) is 44.3 Å². The zero-order valence-electron chi connectivity index (χ0n) is 44.7. The van der Waals surface area contributed by atoms with Crippen LogP contribution < -0.4 is 15.4 Å². The van der Waals surface area contributed by atoms with Crippen LogP contribution in [0.15, 0.2) is 77.4 Å². The smallest absolute Gasteiger partial charge is 0.347 e. The van der Waals surface area contributed by atoms with Crippen LogP contribution in [-0.2, 0) is 89.3 Å². The molecule has 2 aromatic carbocycles. The number of nitrogens with zero attached hydrogens (tertiary/aromatic N) is 4. The topological polar surface area (TPSA) is 251 Å². The van der Waals surface area contributed by atoms with Crippen LogP contribution >= 0.6 is 11.6 Å². The van der Waals surface area contributed by atoms with E-state index >= 15 is 0 Å². The predicted molar refractivity (Wildman–Crippen MR) is 273 cm³/mol. The number of nitrogens with one attached hydrogen (secondary N) is 2. The number of rotatable bonds is 28. The molecule has 4 aliphatic rings. The third-order valence-electron chi connectivity index (χ3n) is 12.6. The Hall–Kier alpha value is -5.44. The lowest BCUT2D eigenvalue weighted by molar-refractivity contribution is -0.919. The summed E-state index contributed by atoms with van der Waals surface area (Å²) in [6, 6.07) is 12.1. The van der Waals surface area contributed by atoms with E-state index in [1.165, 1.54) is 13.2 Å². The Balaban J connectivity index is 0.952. The first kappa shape index (κ1) is 60.8. The van der Waals surface area contributed by atoms with Crippen molar-refractivity contribution in [1.29, 1.82) is 0 Å². The number of hydrogen-bond donors (Lipinski definition) is 2. The van der Waals surface area contributed by atoms with Gasteiger partial charge in [0.25, 0.3) is 0 Å². The van der Waals surface area contributed by atoms with Gasteiger partial charge in [0.05, 0.1) is 89.5 Å². The first-order valence-corrected chi connectivity index (χ1v) is 26.3. The molecule has 4 aliphatic heterocycles. The lowest BCUT2D eigenvalue weighted by Crippen LogP contribution is -2.51. The van der Waals surface area contributed by atoms with Crippen LogP contribution in [-0.4, -0.2) is 157 Å². The van der Waals surface area contributed by atoms with E-state index in [0.717, 1.165) is 11.1 Å². The van der Waals surface area contributed by atoms with Crippen LogP contribution in [0.2, 0.25) is 5.02 Å². The van der Waals surface area contributed by atoms with Crippen LogP contribution in [0, 0.1) is 17.3 Å². The first-order valence-electron chi connectivity index (χ1n) is 25.9. The number of hydrogen-bond acceptors (Lipinski definition) is 20. The van der Waals surface area contributed by atoms with Gasteiger partial charge in [-0.2, -0.15) is 0 Å². The SMILES string of the molecule is COc1ccc(C[C@H]2NC(=O)/C=C/C[C@@H](C(C)[C@H]3O[C@@H]3c3ccc(C[N+]4(COCCOCCOCCOCCOCCC(=O)ON5OCCO5)C=CN=N4)cc3)OC(=O)[C@H](CC(C)C)OC(=O)C(C)(C)CNC2=O)cc1Cl. The number of esters is 2. The normalized spacial score (nSPS) is 24.8. The van der Waals surface area contributed by atoms with E-state index in [2.05, 4.69) is 21.0 Å². The van der Waals surface area contributed by atoms with Gasteiger partial charge in [0, 0.05) is 36.1 Å². The lowest BCUT2D eigenvalue weighted by Gasteiger charge is -2.29. The zero-order valence-corrected chi connectivity index (χ0v) is 45.5. The quantitative estimate of drug-likeness (QED) is 0.0471. The number of carbonyl (C=O) groups is 5. The van der Waals surface area contributed by atoms with Crippen LogP contribution in [0.4, 0.5) is 0 Å². The molecule has 424 valence electrons. The highest BCUT2D eigenvalue weighted by atomic mass is 35.5. The van der Waals surface area contributed by atoms with Gasteiger partial charge in [-0.1, -0.05) is 68.8 Å². The molecule has 2 saturated heterocycles. The van der Waals surface area contributed by atoms with Gasteiger partial charge in [-0.05, 0) is 55.5 Å². The van der Waals surface area contributed by atoms with Gasteiger partial charge in [0.15, 0.2) is 6.10 Å². The summed E-state index contributed by atoms with van der Waals surface area (Å²) in [5, 5.41) is 15.2. The van der Waals surface area contributed by atoms with E-state index in [1.807, 2.05) is 51.2 Å². The molecule has 0 radical (unpaired) electrons. The fourth-order valence-electron chi connectivity index (χ4n) is 8.17. The molecule has 0 aromatic heterocycles. The third-order valence-corrected chi connectivity index (χ3v) is 12.9. The Morgan fingerprint density at radius 3 is 2.14 bits per heavy atom. The monoisotopic (exact) mass is 1100 g/mol. The molecule has 2 N–H and O–H groups in total. The average molecular weight is 1100 g/mol. The summed E-state index contributed by atoms with van der Waals surface area (Å²) in [5.41, 5.74) is 1.33. The van der Waals surface area contributed by atoms with Crippen molar-refractivity contribution in [3.63, 3.8) is 0 Å². The summed E-state index contributed by atoms with van der Waals surface area (Å²) >= 11 is 6.39. The summed E-state index contributed by atoms with van der Waals surface area (Å²) in [5.74, 6) is -2.92. The predicted octanol–water partition coefficient (Wildman–Crippen LogP) is 5.36. The van der Waals surface area contributed by atoms with Gasteiger partial charge in [-0.3, -0.25) is 19.2 Å². The Bertz CT molecular complexity index is 2320. The molecule has 2 fully saturated rings. The Morgan fingerprint density at radius 1 is 0.870 bits per heavy atom. The Labute approximate surface area is 454 Å². The fraction of sp³-hybridized carbons (Fsp3) is 0.604. The summed E-state index contributed by atoms with van der Waals surface area (Å²) in [6.07, 6.45) is 4.27. The molecule has 23 nitrogen and oxygen atoms in total. The van der Waals surface area contributed by atoms with Crippen molar-refractivity contribution in [2.24, 2.45) is 27.6 Å². The number of methoxy groups -OCH3 is 1. The molecule has 2 aromatic rings. The molecular weight excluding hydrogens is 1030 g/mol.